The van der Waals surface area contributed by atoms with E-state index in [9.17, 15) is 9.18 Å². The van der Waals surface area contributed by atoms with Gasteiger partial charge in [-0.05, 0) is 30.7 Å². The normalized spacial score (nSPS) is 15.7. The van der Waals surface area contributed by atoms with Gasteiger partial charge in [-0.1, -0.05) is 42.8 Å². The minimum Gasteiger partial charge on any atom is -0.479 e. The maximum absolute atomic E-state index is 13.9. The Morgan fingerprint density at radius 2 is 1.77 bits per heavy atom. The maximum atomic E-state index is 13.9. The van der Waals surface area contributed by atoms with Crippen molar-refractivity contribution in [1.82, 2.24) is 4.90 Å². The van der Waals surface area contributed by atoms with Crippen molar-refractivity contribution in [1.29, 1.82) is 0 Å². The van der Waals surface area contributed by atoms with Crippen molar-refractivity contribution in [3.63, 3.8) is 0 Å². The van der Waals surface area contributed by atoms with Crippen molar-refractivity contribution in [3.05, 3.63) is 59.4 Å². The quantitative estimate of drug-likeness (QED) is 0.791. The molecule has 1 aliphatic rings. The van der Waals surface area contributed by atoms with Gasteiger partial charge in [0.15, 0.2) is 6.10 Å². The van der Waals surface area contributed by atoms with Crippen molar-refractivity contribution in [3.8, 4) is 5.75 Å². The third-order valence-electron chi connectivity index (χ3n) is 4.54. The molecule has 1 fully saturated rings. The first-order chi connectivity index (χ1) is 12.6. The third-order valence-corrected chi connectivity index (χ3v) is 4.85. The molecule has 1 unspecified atom stereocenters. The number of halogens is 2. The minimum atomic E-state index is -0.574. The van der Waals surface area contributed by atoms with Crippen LogP contribution in [0.4, 0.5) is 10.1 Å². The van der Waals surface area contributed by atoms with Gasteiger partial charge >= 0.3 is 0 Å². The van der Waals surface area contributed by atoms with E-state index in [-0.39, 0.29) is 11.7 Å². The predicted molar refractivity (Wildman–Crippen MR) is 101 cm³/mol. The van der Waals surface area contributed by atoms with Gasteiger partial charge in [0.25, 0.3) is 5.91 Å². The van der Waals surface area contributed by atoms with E-state index in [1.165, 1.54) is 6.07 Å². The summed E-state index contributed by atoms with van der Waals surface area (Å²) in [6.45, 7) is 4.17. The number of ether oxygens (including phenoxy) is 1. The lowest BCUT2D eigenvalue weighted by Gasteiger charge is -2.37. The molecule has 1 saturated heterocycles. The van der Waals surface area contributed by atoms with E-state index in [1.54, 1.807) is 29.2 Å². The molecule has 0 radical (unpaired) electrons. The molecule has 0 N–H and O–H groups in total. The van der Waals surface area contributed by atoms with E-state index >= 15 is 0 Å². The van der Waals surface area contributed by atoms with Crippen LogP contribution in [-0.2, 0) is 4.79 Å². The fourth-order valence-corrected chi connectivity index (χ4v) is 3.26. The molecule has 4 nitrogen and oxygen atoms in total. The summed E-state index contributed by atoms with van der Waals surface area (Å²) in [5, 5.41) is 0.489. The lowest BCUT2D eigenvalue weighted by Crippen LogP contribution is -2.52. The van der Waals surface area contributed by atoms with E-state index in [1.807, 2.05) is 30.0 Å². The Hall–Kier alpha value is -2.27. The summed E-state index contributed by atoms with van der Waals surface area (Å²) in [4.78, 5) is 16.6. The molecule has 0 aliphatic carbocycles. The first-order valence-corrected chi connectivity index (χ1v) is 9.17. The van der Waals surface area contributed by atoms with E-state index in [4.69, 9.17) is 16.3 Å². The number of para-hydroxylation sites is 2. The molecule has 3 rings (SSSR count). The Labute approximate surface area is 158 Å². The second-order valence-electron chi connectivity index (χ2n) is 6.21. The Bertz CT molecular complexity index is 763. The first kappa shape index (κ1) is 18.5. The predicted octanol–water partition coefficient (Wildman–Crippen LogP) is 3.99. The second kappa shape index (κ2) is 8.41. The smallest absolute Gasteiger partial charge is 0.263 e. The largest absolute Gasteiger partial charge is 0.479 e. The zero-order valence-corrected chi connectivity index (χ0v) is 15.5. The summed E-state index contributed by atoms with van der Waals surface area (Å²) in [6, 6.07) is 13.9. The molecule has 0 saturated carbocycles. The molecule has 26 heavy (non-hydrogen) atoms. The van der Waals surface area contributed by atoms with Crippen LogP contribution >= 0.6 is 11.6 Å². The molecule has 0 spiro atoms. The summed E-state index contributed by atoms with van der Waals surface area (Å²) in [6.07, 6.45) is -0.0210. The van der Waals surface area contributed by atoms with Crippen LogP contribution in [0.2, 0.25) is 5.02 Å². The topological polar surface area (TPSA) is 32.8 Å². The van der Waals surface area contributed by atoms with Crippen LogP contribution in [0.15, 0.2) is 48.5 Å². The maximum Gasteiger partial charge on any atom is 0.263 e. The van der Waals surface area contributed by atoms with Crippen molar-refractivity contribution in [2.45, 2.75) is 19.4 Å². The lowest BCUT2D eigenvalue weighted by molar-refractivity contribution is -0.139. The molecule has 2 aromatic rings. The van der Waals surface area contributed by atoms with Crippen LogP contribution in [0.5, 0.6) is 5.75 Å². The fourth-order valence-electron chi connectivity index (χ4n) is 3.08. The molecule has 138 valence electrons. The molecule has 1 amide bonds. The van der Waals surface area contributed by atoms with E-state index in [0.717, 1.165) is 0 Å². The fraction of sp³-hybridized carbons (Fsp3) is 0.350. The summed E-state index contributed by atoms with van der Waals surface area (Å²) >= 11 is 6.13. The molecular weight excluding hydrogens is 355 g/mol. The number of piperazine rings is 1. The van der Waals surface area contributed by atoms with E-state index < -0.39 is 6.10 Å². The molecule has 1 atom stereocenters. The Morgan fingerprint density at radius 3 is 2.42 bits per heavy atom. The molecule has 6 heteroatoms. The number of hydrogen-bond donors (Lipinski definition) is 0. The van der Waals surface area contributed by atoms with Crippen LogP contribution in [0.3, 0.4) is 0 Å². The Kier molecular flexibility index (Phi) is 5.99. The second-order valence-corrected chi connectivity index (χ2v) is 6.62. The van der Waals surface area contributed by atoms with Crippen LogP contribution in [0.1, 0.15) is 13.3 Å². The number of amides is 1. The van der Waals surface area contributed by atoms with Gasteiger partial charge in [-0.25, -0.2) is 4.39 Å². The SMILES string of the molecule is CCC(Oc1ccccc1Cl)C(=O)N1CCN(c2ccccc2F)CC1. The lowest BCUT2D eigenvalue weighted by atomic mass is 10.2. The highest BCUT2D eigenvalue weighted by atomic mass is 35.5. The van der Waals surface area contributed by atoms with Crippen molar-refractivity contribution in [2.75, 3.05) is 31.1 Å². The summed E-state index contributed by atoms with van der Waals surface area (Å²) in [5.74, 6) is 0.223. The molecule has 1 heterocycles. The first-order valence-electron chi connectivity index (χ1n) is 8.79. The number of benzene rings is 2. The zero-order valence-electron chi connectivity index (χ0n) is 14.7. The van der Waals surface area contributed by atoms with Gasteiger partial charge in [0.05, 0.1) is 10.7 Å². The van der Waals surface area contributed by atoms with Crippen molar-refractivity contribution < 1.29 is 13.9 Å². The molecule has 0 bridgehead atoms. The highest BCUT2D eigenvalue weighted by Gasteiger charge is 2.28. The number of hydrogen-bond acceptors (Lipinski definition) is 3. The van der Waals surface area contributed by atoms with Gasteiger partial charge in [0.2, 0.25) is 0 Å². The van der Waals surface area contributed by atoms with Gasteiger partial charge in [-0.2, -0.15) is 0 Å². The third kappa shape index (κ3) is 4.10. The molecule has 0 aromatic heterocycles. The minimum absolute atomic E-state index is 0.0550. The molecule has 1 aliphatic heterocycles. The van der Waals surface area contributed by atoms with E-state index in [0.29, 0.717) is 49.1 Å². The summed E-state index contributed by atoms with van der Waals surface area (Å²) < 4.78 is 19.8. The standard InChI is InChI=1S/C20H22ClFN2O2/c1-2-18(26-19-10-6-3-7-15(19)21)20(25)24-13-11-23(12-14-24)17-9-5-4-8-16(17)22/h3-10,18H,2,11-14H2,1H3. The van der Waals surface area contributed by atoms with Crippen LogP contribution < -0.4 is 9.64 Å². The Balaban J connectivity index is 1.62. The number of nitrogens with zero attached hydrogens (tertiary/aromatic N) is 2. The average molecular weight is 377 g/mol. The van der Waals surface area contributed by atoms with Gasteiger partial charge in [-0.15, -0.1) is 0 Å². The van der Waals surface area contributed by atoms with E-state index in [2.05, 4.69) is 0 Å². The van der Waals surface area contributed by atoms with Crippen molar-refractivity contribution in [2.24, 2.45) is 0 Å². The molecular formula is C20H22ClFN2O2. The van der Waals surface area contributed by atoms with Gasteiger partial charge in [0.1, 0.15) is 11.6 Å². The van der Waals surface area contributed by atoms with Crippen molar-refractivity contribution >= 4 is 23.2 Å². The van der Waals surface area contributed by atoms with Gasteiger partial charge < -0.3 is 14.5 Å². The van der Waals surface area contributed by atoms with Crippen LogP contribution in [0.25, 0.3) is 0 Å². The molecule has 2 aromatic carbocycles. The number of rotatable bonds is 5. The average Bonchev–Trinajstić information content (AvgIpc) is 2.67. The van der Waals surface area contributed by atoms with Gasteiger partial charge in [0, 0.05) is 26.2 Å². The monoisotopic (exact) mass is 376 g/mol. The van der Waals surface area contributed by atoms with Gasteiger partial charge in [-0.3, -0.25) is 4.79 Å². The van der Waals surface area contributed by atoms with Crippen LogP contribution in [-0.4, -0.2) is 43.1 Å². The zero-order chi connectivity index (χ0) is 18.5. The number of carbonyl (C=O) groups is 1. The number of carbonyl (C=O) groups excluding carboxylic acids is 1. The highest BCUT2D eigenvalue weighted by molar-refractivity contribution is 6.32. The Morgan fingerprint density at radius 1 is 1.12 bits per heavy atom. The summed E-state index contributed by atoms with van der Waals surface area (Å²) in [7, 11) is 0. The highest BCUT2D eigenvalue weighted by Crippen LogP contribution is 2.26. The summed E-state index contributed by atoms with van der Waals surface area (Å²) in [5.41, 5.74) is 0.582. The number of anilines is 1. The van der Waals surface area contributed by atoms with Crippen LogP contribution in [0, 0.1) is 5.82 Å².